The SMILES string of the molecule is CC(=O)c1ccc2c(c1)N(CC(=O)Nc1nccs1)CCO2. The van der Waals surface area contributed by atoms with Crippen LogP contribution in [0.3, 0.4) is 0 Å². The summed E-state index contributed by atoms with van der Waals surface area (Å²) in [5.41, 5.74) is 1.38. The van der Waals surface area contributed by atoms with Crippen LogP contribution in [0.25, 0.3) is 0 Å². The monoisotopic (exact) mass is 317 g/mol. The van der Waals surface area contributed by atoms with E-state index in [4.69, 9.17) is 4.74 Å². The Morgan fingerprint density at radius 3 is 3.05 bits per heavy atom. The molecule has 1 aliphatic heterocycles. The molecule has 2 heterocycles. The van der Waals surface area contributed by atoms with Crippen LogP contribution in [0.5, 0.6) is 5.75 Å². The number of ether oxygens (including phenoxy) is 1. The van der Waals surface area contributed by atoms with Crippen LogP contribution in [0.15, 0.2) is 29.8 Å². The third kappa shape index (κ3) is 3.09. The van der Waals surface area contributed by atoms with Gasteiger partial charge in [-0.3, -0.25) is 9.59 Å². The highest BCUT2D eigenvalue weighted by molar-refractivity contribution is 7.13. The number of Topliss-reactive ketones (excluding diaryl/α,β-unsaturated/α-hetero) is 1. The van der Waals surface area contributed by atoms with Gasteiger partial charge in [0.2, 0.25) is 5.91 Å². The van der Waals surface area contributed by atoms with Crippen LogP contribution in [-0.4, -0.2) is 36.4 Å². The van der Waals surface area contributed by atoms with Crippen LogP contribution in [0.2, 0.25) is 0 Å². The molecule has 0 saturated carbocycles. The molecule has 0 saturated heterocycles. The zero-order chi connectivity index (χ0) is 15.5. The maximum Gasteiger partial charge on any atom is 0.245 e. The lowest BCUT2D eigenvalue weighted by Crippen LogP contribution is -2.38. The van der Waals surface area contributed by atoms with Crippen LogP contribution >= 0.6 is 11.3 Å². The molecule has 6 nitrogen and oxygen atoms in total. The van der Waals surface area contributed by atoms with E-state index < -0.39 is 0 Å². The molecule has 0 aliphatic carbocycles. The second-order valence-corrected chi connectivity index (χ2v) is 5.79. The first-order chi connectivity index (χ1) is 10.6. The minimum Gasteiger partial charge on any atom is -0.490 e. The fraction of sp³-hybridized carbons (Fsp3) is 0.267. The highest BCUT2D eigenvalue weighted by atomic mass is 32.1. The standard InChI is InChI=1S/C15H15N3O3S/c1-10(19)11-2-3-13-12(8-11)18(5-6-21-13)9-14(20)17-15-16-4-7-22-15/h2-4,7-8H,5-6,9H2,1H3,(H,16,17,20). The van der Waals surface area contributed by atoms with Gasteiger partial charge in [0.05, 0.1) is 18.8 Å². The Morgan fingerprint density at radius 1 is 1.45 bits per heavy atom. The summed E-state index contributed by atoms with van der Waals surface area (Å²) in [4.78, 5) is 29.6. The molecule has 114 valence electrons. The molecule has 1 N–H and O–H groups in total. The molecule has 3 rings (SSSR count). The lowest BCUT2D eigenvalue weighted by atomic mass is 10.1. The Morgan fingerprint density at radius 2 is 2.32 bits per heavy atom. The molecule has 0 spiro atoms. The molecule has 1 aromatic carbocycles. The highest BCUT2D eigenvalue weighted by Crippen LogP contribution is 2.32. The summed E-state index contributed by atoms with van der Waals surface area (Å²) in [6.45, 7) is 2.82. The normalized spacial score (nSPS) is 13.2. The summed E-state index contributed by atoms with van der Waals surface area (Å²) >= 11 is 1.37. The summed E-state index contributed by atoms with van der Waals surface area (Å²) in [6.07, 6.45) is 1.64. The third-order valence-corrected chi connectivity index (χ3v) is 4.03. The Kier molecular flexibility index (Phi) is 4.06. The second-order valence-electron chi connectivity index (χ2n) is 4.89. The van der Waals surface area contributed by atoms with E-state index in [2.05, 4.69) is 10.3 Å². The van der Waals surface area contributed by atoms with E-state index in [9.17, 15) is 9.59 Å². The van der Waals surface area contributed by atoms with E-state index in [0.717, 1.165) is 5.69 Å². The predicted octanol–water partition coefficient (Wildman–Crippen LogP) is 2.18. The first-order valence-electron chi connectivity index (χ1n) is 6.85. The van der Waals surface area contributed by atoms with Gasteiger partial charge in [0, 0.05) is 17.1 Å². The van der Waals surface area contributed by atoms with Crippen molar-refractivity contribution in [1.82, 2.24) is 4.98 Å². The summed E-state index contributed by atoms with van der Waals surface area (Å²) < 4.78 is 5.58. The number of anilines is 2. The molecule has 7 heteroatoms. The van der Waals surface area contributed by atoms with Crippen LogP contribution in [-0.2, 0) is 4.79 Å². The molecule has 1 aromatic heterocycles. The van der Waals surface area contributed by atoms with Crippen molar-refractivity contribution in [2.45, 2.75) is 6.92 Å². The number of aromatic nitrogens is 1. The van der Waals surface area contributed by atoms with Crippen molar-refractivity contribution < 1.29 is 14.3 Å². The van der Waals surface area contributed by atoms with E-state index in [1.165, 1.54) is 18.3 Å². The maximum atomic E-state index is 12.1. The smallest absolute Gasteiger partial charge is 0.245 e. The number of ketones is 1. The number of thiazole rings is 1. The zero-order valence-corrected chi connectivity index (χ0v) is 12.9. The van der Waals surface area contributed by atoms with Gasteiger partial charge < -0.3 is 15.0 Å². The Bertz CT molecular complexity index is 700. The first kappa shape index (κ1) is 14.5. The Labute approximate surface area is 131 Å². The van der Waals surface area contributed by atoms with Crippen LogP contribution in [0.1, 0.15) is 17.3 Å². The zero-order valence-electron chi connectivity index (χ0n) is 12.0. The maximum absolute atomic E-state index is 12.1. The number of hydrogen-bond donors (Lipinski definition) is 1. The molecular formula is C15H15N3O3S. The molecule has 1 aliphatic rings. The van der Waals surface area contributed by atoms with Crippen molar-refractivity contribution in [3.63, 3.8) is 0 Å². The van der Waals surface area contributed by atoms with Crippen molar-refractivity contribution in [2.24, 2.45) is 0 Å². The molecule has 22 heavy (non-hydrogen) atoms. The minimum absolute atomic E-state index is 0.0134. The van der Waals surface area contributed by atoms with Gasteiger partial charge in [0.15, 0.2) is 10.9 Å². The fourth-order valence-electron chi connectivity index (χ4n) is 2.27. The van der Waals surface area contributed by atoms with Crippen LogP contribution < -0.4 is 15.0 Å². The molecule has 0 unspecified atom stereocenters. The fourth-order valence-corrected chi connectivity index (χ4v) is 2.82. The lowest BCUT2D eigenvalue weighted by Gasteiger charge is -2.30. The van der Waals surface area contributed by atoms with Gasteiger partial charge in [-0.25, -0.2) is 4.98 Å². The van der Waals surface area contributed by atoms with Gasteiger partial charge in [-0.1, -0.05) is 0 Å². The van der Waals surface area contributed by atoms with Gasteiger partial charge >= 0.3 is 0 Å². The van der Waals surface area contributed by atoms with Crippen LogP contribution in [0.4, 0.5) is 10.8 Å². The second kappa shape index (κ2) is 6.15. The van der Waals surface area contributed by atoms with Gasteiger partial charge in [-0.05, 0) is 25.1 Å². The van der Waals surface area contributed by atoms with Crippen molar-refractivity contribution in [2.75, 3.05) is 29.9 Å². The number of nitrogens with zero attached hydrogens (tertiary/aromatic N) is 2. The summed E-state index contributed by atoms with van der Waals surface area (Å²) in [5, 5.41) is 5.14. The molecule has 0 atom stereocenters. The van der Waals surface area contributed by atoms with Crippen molar-refractivity contribution in [3.8, 4) is 5.75 Å². The van der Waals surface area contributed by atoms with E-state index in [-0.39, 0.29) is 18.2 Å². The number of nitrogens with one attached hydrogen (secondary N) is 1. The van der Waals surface area contributed by atoms with Gasteiger partial charge in [0.25, 0.3) is 0 Å². The number of benzene rings is 1. The van der Waals surface area contributed by atoms with Gasteiger partial charge in [-0.15, -0.1) is 11.3 Å². The molecule has 0 bridgehead atoms. The molecular weight excluding hydrogens is 302 g/mol. The van der Waals surface area contributed by atoms with Crippen molar-refractivity contribution in [1.29, 1.82) is 0 Å². The van der Waals surface area contributed by atoms with Crippen LogP contribution in [0, 0.1) is 0 Å². The van der Waals surface area contributed by atoms with Gasteiger partial charge in [0.1, 0.15) is 12.4 Å². The Hall–Kier alpha value is -2.41. The lowest BCUT2D eigenvalue weighted by molar-refractivity contribution is -0.115. The van der Waals surface area contributed by atoms with Crippen molar-refractivity contribution in [3.05, 3.63) is 35.3 Å². The largest absolute Gasteiger partial charge is 0.490 e. The highest BCUT2D eigenvalue weighted by Gasteiger charge is 2.21. The summed E-state index contributed by atoms with van der Waals surface area (Å²) in [7, 11) is 0. The number of hydrogen-bond acceptors (Lipinski definition) is 6. The van der Waals surface area contributed by atoms with E-state index in [0.29, 0.717) is 29.6 Å². The molecule has 0 radical (unpaired) electrons. The number of fused-ring (bicyclic) bond motifs is 1. The summed E-state index contributed by atoms with van der Waals surface area (Å²) in [6, 6.07) is 5.28. The number of rotatable bonds is 4. The number of carbonyl (C=O) groups is 2. The van der Waals surface area contributed by atoms with E-state index >= 15 is 0 Å². The first-order valence-corrected chi connectivity index (χ1v) is 7.73. The average Bonchev–Trinajstić information content (AvgIpc) is 2.99. The molecule has 0 fully saturated rings. The summed E-state index contributed by atoms with van der Waals surface area (Å²) in [5.74, 6) is 0.537. The molecule has 1 amide bonds. The minimum atomic E-state index is -0.143. The number of amides is 1. The Balaban J connectivity index is 1.77. The quantitative estimate of drug-likeness (QED) is 0.875. The van der Waals surface area contributed by atoms with E-state index in [1.807, 2.05) is 4.90 Å². The van der Waals surface area contributed by atoms with Crippen molar-refractivity contribution >= 4 is 33.8 Å². The third-order valence-electron chi connectivity index (χ3n) is 3.34. The number of carbonyl (C=O) groups excluding carboxylic acids is 2. The molecule has 2 aromatic rings. The average molecular weight is 317 g/mol. The van der Waals surface area contributed by atoms with E-state index in [1.54, 1.807) is 29.8 Å². The predicted molar refractivity (Wildman–Crippen MR) is 84.9 cm³/mol. The topological polar surface area (TPSA) is 71.5 Å². The van der Waals surface area contributed by atoms with Gasteiger partial charge in [-0.2, -0.15) is 0 Å².